The molecule has 0 aromatic rings. The van der Waals surface area contributed by atoms with Gasteiger partial charge >= 0.3 is 0 Å². The molecule has 0 radical (unpaired) electrons. The Morgan fingerprint density at radius 2 is 2.00 bits per heavy atom. The van der Waals surface area contributed by atoms with Crippen molar-refractivity contribution in [3.05, 3.63) is 11.1 Å². The minimum Gasteiger partial charge on any atom is -0.389 e. The summed E-state index contributed by atoms with van der Waals surface area (Å²) in [6, 6.07) is 0. The lowest BCUT2D eigenvalue weighted by Gasteiger charge is -2.39. The average Bonchev–Trinajstić information content (AvgIpc) is 2.44. The highest BCUT2D eigenvalue weighted by molar-refractivity contribution is 8.05. The summed E-state index contributed by atoms with van der Waals surface area (Å²) in [4.78, 5) is 12.1. The molecule has 0 amide bonds. The molecule has 0 aliphatic heterocycles. The van der Waals surface area contributed by atoms with Crippen LogP contribution in [0.3, 0.4) is 0 Å². The predicted octanol–water partition coefficient (Wildman–Crippen LogP) is 4.50. The topological polar surface area (TPSA) is 49.3 Å². The first-order valence-corrected chi connectivity index (χ1v) is 9.50. The number of aliphatic hydroxyl groups is 1. The molecule has 6 heteroatoms. The fraction of sp³-hybridized carbons (Fsp3) is 0.833. The van der Waals surface area contributed by atoms with E-state index in [1.807, 2.05) is 13.0 Å². The van der Waals surface area contributed by atoms with Crippen molar-refractivity contribution >= 4 is 17.5 Å². The molecule has 1 saturated carbocycles. The van der Waals surface area contributed by atoms with Gasteiger partial charge in [-0.15, -0.1) is 0 Å². The number of nitrogens with one attached hydrogen (secondary N) is 1. The summed E-state index contributed by atoms with van der Waals surface area (Å²) >= 11 is 1.23. The summed E-state index contributed by atoms with van der Waals surface area (Å²) in [6.07, 6.45) is 4.48. The molecule has 24 heavy (non-hydrogen) atoms. The van der Waals surface area contributed by atoms with Crippen LogP contribution in [0.1, 0.15) is 66.7 Å². The van der Waals surface area contributed by atoms with Gasteiger partial charge in [0.2, 0.25) is 0 Å². The molecule has 0 saturated heterocycles. The summed E-state index contributed by atoms with van der Waals surface area (Å²) in [7, 11) is 0. The Bertz CT molecular complexity index is 474. The maximum Gasteiger partial charge on any atom is 0.252 e. The lowest BCUT2D eigenvalue weighted by Crippen LogP contribution is -2.50. The van der Waals surface area contributed by atoms with E-state index in [9.17, 15) is 18.7 Å². The van der Waals surface area contributed by atoms with E-state index in [1.54, 1.807) is 20.8 Å². The maximum atomic E-state index is 14.0. The van der Waals surface area contributed by atoms with E-state index >= 15 is 0 Å². The number of rotatable bonds is 8. The van der Waals surface area contributed by atoms with Gasteiger partial charge in [-0.1, -0.05) is 31.2 Å². The van der Waals surface area contributed by atoms with Crippen LogP contribution in [0.5, 0.6) is 0 Å². The van der Waals surface area contributed by atoms with Gasteiger partial charge in [0.15, 0.2) is 0 Å². The Balaban J connectivity index is 2.84. The van der Waals surface area contributed by atoms with Gasteiger partial charge in [0.25, 0.3) is 5.92 Å². The van der Waals surface area contributed by atoms with Gasteiger partial charge in [-0.2, -0.15) is 0 Å². The van der Waals surface area contributed by atoms with Gasteiger partial charge in [0.1, 0.15) is 10.5 Å². The lowest BCUT2D eigenvalue weighted by atomic mass is 9.85. The number of hydrogen-bond donors (Lipinski definition) is 2. The van der Waals surface area contributed by atoms with Crippen LogP contribution in [-0.2, 0) is 4.79 Å². The van der Waals surface area contributed by atoms with Gasteiger partial charge in [-0.25, -0.2) is 8.78 Å². The van der Waals surface area contributed by atoms with Crippen LogP contribution >= 0.6 is 11.8 Å². The van der Waals surface area contributed by atoms with Crippen molar-refractivity contribution in [1.29, 1.82) is 0 Å². The predicted molar refractivity (Wildman–Crippen MR) is 96.3 cm³/mol. The van der Waals surface area contributed by atoms with E-state index in [2.05, 4.69) is 5.32 Å². The number of carbonyl (C=O) groups excluding carboxylic acids is 1. The Morgan fingerprint density at radius 3 is 2.46 bits per heavy atom. The monoisotopic (exact) mass is 363 g/mol. The quantitative estimate of drug-likeness (QED) is 0.666. The molecule has 2 N–H and O–H groups in total. The zero-order chi connectivity index (χ0) is 18.6. The number of hydrogen-bond acceptors (Lipinski definition) is 4. The summed E-state index contributed by atoms with van der Waals surface area (Å²) < 4.78 is 27.0. The maximum absolute atomic E-state index is 14.0. The van der Waals surface area contributed by atoms with E-state index in [0.717, 1.165) is 12.8 Å². The van der Waals surface area contributed by atoms with Crippen molar-refractivity contribution in [2.45, 2.75) is 83.0 Å². The fourth-order valence-corrected chi connectivity index (χ4v) is 4.06. The van der Waals surface area contributed by atoms with Crippen molar-refractivity contribution < 1.29 is 18.7 Å². The molecule has 0 aromatic heterocycles. The molecule has 0 spiro atoms. The molecule has 0 heterocycles. The third kappa shape index (κ3) is 5.19. The SMILES string of the molecule is CC/C=C(/NCC1CCCCC1(F)F)SC(C)(C(C)=O)C(C)(C)O. The summed E-state index contributed by atoms with van der Waals surface area (Å²) in [5.74, 6) is -3.46. The second kappa shape index (κ2) is 8.17. The third-order valence-electron chi connectivity index (χ3n) is 4.98. The van der Waals surface area contributed by atoms with Gasteiger partial charge in [-0.05, 0) is 47.0 Å². The largest absolute Gasteiger partial charge is 0.389 e. The molecule has 0 bridgehead atoms. The van der Waals surface area contributed by atoms with Crippen molar-refractivity contribution in [2.75, 3.05) is 6.54 Å². The van der Waals surface area contributed by atoms with Crippen LogP contribution in [0.15, 0.2) is 11.1 Å². The first-order valence-electron chi connectivity index (χ1n) is 8.68. The number of Topliss-reactive ketones (excluding diaryl/α,β-unsaturated/α-hetero) is 1. The van der Waals surface area contributed by atoms with Crippen molar-refractivity contribution in [1.82, 2.24) is 5.32 Å². The molecule has 3 nitrogen and oxygen atoms in total. The Hall–Kier alpha value is -0.620. The second-order valence-electron chi connectivity index (χ2n) is 7.31. The number of halogens is 2. The molecule has 140 valence electrons. The third-order valence-corrected chi connectivity index (χ3v) is 6.70. The normalized spacial score (nSPS) is 24.3. The molecule has 0 aromatic carbocycles. The van der Waals surface area contributed by atoms with Crippen LogP contribution in [0.2, 0.25) is 0 Å². The van der Waals surface area contributed by atoms with E-state index < -0.39 is 22.2 Å². The van der Waals surface area contributed by atoms with E-state index in [4.69, 9.17) is 0 Å². The fourth-order valence-electron chi connectivity index (χ4n) is 2.82. The smallest absolute Gasteiger partial charge is 0.252 e. The highest BCUT2D eigenvalue weighted by Crippen LogP contribution is 2.42. The van der Waals surface area contributed by atoms with Crippen molar-refractivity contribution in [2.24, 2.45) is 5.92 Å². The average molecular weight is 364 g/mol. The van der Waals surface area contributed by atoms with Crippen LogP contribution in [0.4, 0.5) is 8.78 Å². The molecular weight excluding hydrogens is 332 g/mol. The van der Waals surface area contributed by atoms with Crippen molar-refractivity contribution in [3.63, 3.8) is 0 Å². The molecule has 2 atom stereocenters. The zero-order valence-electron chi connectivity index (χ0n) is 15.4. The lowest BCUT2D eigenvalue weighted by molar-refractivity contribution is -0.124. The number of carbonyl (C=O) groups is 1. The summed E-state index contributed by atoms with van der Waals surface area (Å²) in [5, 5.41) is 14.2. The van der Waals surface area contributed by atoms with Crippen LogP contribution < -0.4 is 5.32 Å². The molecular formula is C18H31F2NO2S. The molecule has 2 unspecified atom stereocenters. The first kappa shape index (κ1) is 21.4. The minimum absolute atomic E-state index is 0.0475. The number of allylic oxidation sites excluding steroid dienone is 1. The number of thioether (sulfide) groups is 1. The van der Waals surface area contributed by atoms with Gasteiger partial charge < -0.3 is 10.4 Å². The van der Waals surface area contributed by atoms with E-state index in [0.29, 0.717) is 17.9 Å². The highest BCUT2D eigenvalue weighted by atomic mass is 32.2. The number of ketones is 1. The van der Waals surface area contributed by atoms with E-state index in [1.165, 1.54) is 18.7 Å². The zero-order valence-corrected chi connectivity index (χ0v) is 16.2. The molecule has 1 fully saturated rings. The molecule has 1 aliphatic carbocycles. The summed E-state index contributed by atoms with van der Waals surface area (Å²) in [5.41, 5.74) is -1.23. The minimum atomic E-state index is -2.63. The Kier molecular flexibility index (Phi) is 7.29. The van der Waals surface area contributed by atoms with Crippen molar-refractivity contribution in [3.8, 4) is 0 Å². The molecule has 1 rings (SSSR count). The second-order valence-corrected chi connectivity index (χ2v) is 8.77. The first-order chi connectivity index (χ1) is 10.9. The van der Waals surface area contributed by atoms with Gasteiger partial charge in [0.05, 0.1) is 10.6 Å². The van der Waals surface area contributed by atoms with Gasteiger partial charge in [0, 0.05) is 18.9 Å². The standard InChI is InChI=1S/C18H31F2NO2S/c1-6-9-15(24-17(5,13(2)22)16(3,4)23)21-12-14-10-7-8-11-18(14,19)20/h9,14,21,23H,6-8,10-12H2,1-5H3/b15-9-. The van der Waals surface area contributed by atoms with Gasteiger partial charge in [-0.3, -0.25) is 4.79 Å². The van der Waals surface area contributed by atoms with Crippen LogP contribution in [-0.4, -0.2) is 33.7 Å². The van der Waals surface area contributed by atoms with Crippen LogP contribution in [0.25, 0.3) is 0 Å². The Labute approximate surface area is 148 Å². The highest BCUT2D eigenvalue weighted by Gasteiger charge is 2.46. The van der Waals surface area contributed by atoms with E-state index in [-0.39, 0.29) is 18.7 Å². The summed E-state index contributed by atoms with van der Waals surface area (Å²) in [6.45, 7) is 8.48. The molecule has 1 aliphatic rings. The number of alkyl halides is 2. The van der Waals surface area contributed by atoms with Crippen LogP contribution in [0, 0.1) is 5.92 Å². The Morgan fingerprint density at radius 1 is 1.38 bits per heavy atom.